The molecule has 3 aromatic heterocycles. The van der Waals surface area contributed by atoms with Gasteiger partial charge in [-0.2, -0.15) is 0 Å². The summed E-state index contributed by atoms with van der Waals surface area (Å²) in [4.78, 5) is 8.78. The van der Waals surface area contributed by atoms with Gasteiger partial charge in [-0.05, 0) is 42.3 Å². The van der Waals surface area contributed by atoms with Crippen LogP contribution in [0.4, 0.5) is 11.6 Å². The highest BCUT2D eigenvalue weighted by Gasteiger charge is 2.19. The predicted molar refractivity (Wildman–Crippen MR) is 113 cm³/mol. The summed E-state index contributed by atoms with van der Waals surface area (Å²) in [5.74, 6) is 0.742. The number of fused-ring (bicyclic) bond motifs is 2. The van der Waals surface area contributed by atoms with Crippen LogP contribution in [0.5, 0.6) is 0 Å². The predicted octanol–water partition coefficient (Wildman–Crippen LogP) is 4.11. The highest BCUT2D eigenvalue weighted by atomic mass is 15.3. The van der Waals surface area contributed by atoms with Crippen LogP contribution in [0.1, 0.15) is 5.56 Å². The van der Waals surface area contributed by atoms with Crippen LogP contribution >= 0.6 is 0 Å². The Morgan fingerprint density at radius 1 is 0.893 bits per heavy atom. The number of rotatable bonds is 2. The second kappa shape index (κ2) is 6.06. The lowest BCUT2D eigenvalue weighted by atomic mass is 10.0. The van der Waals surface area contributed by atoms with Crippen molar-refractivity contribution < 1.29 is 0 Å². The number of aryl methyl sites for hydroxylation is 1. The molecule has 0 radical (unpaired) electrons. The summed E-state index contributed by atoms with van der Waals surface area (Å²) >= 11 is 0. The van der Waals surface area contributed by atoms with Crippen LogP contribution in [-0.2, 0) is 0 Å². The first-order valence-electron chi connectivity index (χ1n) is 8.97. The molecule has 0 saturated heterocycles. The van der Waals surface area contributed by atoms with E-state index in [9.17, 15) is 0 Å². The lowest BCUT2D eigenvalue weighted by Gasteiger charge is -2.11. The molecule has 0 atom stereocenters. The summed E-state index contributed by atoms with van der Waals surface area (Å²) in [6, 6.07) is 18.2. The summed E-state index contributed by atoms with van der Waals surface area (Å²) in [5, 5.41) is 6.32. The Hall–Kier alpha value is -3.93. The van der Waals surface area contributed by atoms with Gasteiger partial charge in [-0.25, -0.2) is 9.67 Å². The Bertz CT molecular complexity index is 1350. The average molecular weight is 366 g/mol. The van der Waals surface area contributed by atoms with Crippen LogP contribution < -0.4 is 11.5 Å². The number of hydrogen-bond acceptors (Lipinski definition) is 5. The fraction of sp³-hybridized carbons (Fsp3) is 0.0455. The second-order valence-corrected chi connectivity index (χ2v) is 6.78. The molecule has 5 rings (SSSR count). The molecule has 28 heavy (non-hydrogen) atoms. The molecule has 4 N–H and O–H groups in total. The SMILES string of the molecule is Cc1ccccc1-n1nc(N)c2c(N)ncc(-c3ccc4ncccc4c3)c21. The van der Waals surface area contributed by atoms with Crippen molar-refractivity contribution in [3.8, 4) is 16.8 Å². The molecular formula is C22H18N6. The first-order valence-corrected chi connectivity index (χ1v) is 8.97. The van der Waals surface area contributed by atoms with Gasteiger partial charge in [-0.3, -0.25) is 4.98 Å². The molecule has 0 aliphatic rings. The van der Waals surface area contributed by atoms with Crippen molar-refractivity contribution in [3.05, 3.63) is 72.6 Å². The minimum Gasteiger partial charge on any atom is -0.383 e. The minimum atomic E-state index is 0.368. The van der Waals surface area contributed by atoms with Crippen molar-refractivity contribution in [2.24, 2.45) is 0 Å². The van der Waals surface area contributed by atoms with Crippen LogP contribution in [0, 0.1) is 6.92 Å². The zero-order chi connectivity index (χ0) is 19.3. The molecule has 0 bridgehead atoms. The molecule has 0 saturated carbocycles. The average Bonchev–Trinajstić information content (AvgIpc) is 3.06. The van der Waals surface area contributed by atoms with Gasteiger partial charge in [0.2, 0.25) is 0 Å². The first-order chi connectivity index (χ1) is 13.6. The molecule has 0 aliphatic carbocycles. The maximum absolute atomic E-state index is 6.24. The molecule has 0 amide bonds. The van der Waals surface area contributed by atoms with Crippen LogP contribution in [0.2, 0.25) is 0 Å². The van der Waals surface area contributed by atoms with Crippen LogP contribution in [0.3, 0.4) is 0 Å². The quantitative estimate of drug-likeness (QED) is 0.490. The van der Waals surface area contributed by atoms with Gasteiger partial charge in [0, 0.05) is 23.3 Å². The van der Waals surface area contributed by atoms with Gasteiger partial charge in [-0.15, -0.1) is 5.10 Å². The lowest BCUT2D eigenvalue weighted by molar-refractivity contribution is 0.908. The summed E-state index contributed by atoms with van der Waals surface area (Å²) in [6.45, 7) is 2.05. The molecule has 0 fully saturated rings. The van der Waals surface area contributed by atoms with Gasteiger partial charge in [0.15, 0.2) is 5.82 Å². The summed E-state index contributed by atoms with van der Waals surface area (Å²) in [7, 11) is 0. The van der Waals surface area contributed by atoms with Crippen molar-refractivity contribution in [3.63, 3.8) is 0 Å². The number of nitrogen functional groups attached to an aromatic ring is 2. The topological polar surface area (TPSA) is 95.6 Å². The van der Waals surface area contributed by atoms with Crippen LogP contribution in [0.15, 0.2) is 67.0 Å². The van der Waals surface area contributed by atoms with Gasteiger partial charge in [0.25, 0.3) is 0 Å². The molecule has 0 spiro atoms. The zero-order valence-electron chi connectivity index (χ0n) is 15.3. The van der Waals surface area contributed by atoms with Crippen molar-refractivity contribution >= 4 is 33.4 Å². The standard InChI is InChI=1S/C22H18N6/c1-13-5-2-3-7-18(13)28-20-16(12-26-21(23)19(20)22(24)27-28)14-8-9-17-15(11-14)6-4-10-25-17/h2-12H,1H3,(H2,23,26)(H2,24,27). The Balaban J connectivity index is 1.86. The maximum atomic E-state index is 6.24. The summed E-state index contributed by atoms with van der Waals surface area (Å²) in [5.41, 5.74) is 18.2. The molecule has 6 nitrogen and oxygen atoms in total. The molecule has 0 aliphatic heterocycles. The Morgan fingerprint density at radius 3 is 2.61 bits per heavy atom. The third-order valence-corrected chi connectivity index (χ3v) is 5.01. The number of para-hydroxylation sites is 1. The van der Waals surface area contributed by atoms with E-state index in [1.807, 2.05) is 60.1 Å². The number of benzene rings is 2. The van der Waals surface area contributed by atoms with E-state index in [1.54, 1.807) is 12.4 Å². The van der Waals surface area contributed by atoms with Gasteiger partial charge in [-0.1, -0.05) is 30.3 Å². The van der Waals surface area contributed by atoms with Crippen molar-refractivity contribution in [2.75, 3.05) is 11.5 Å². The Kier molecular flexibility index (Phi) is 3.52. The monoisotopic (exact) mass is 366 g/mol. The first kappa shape index (κ1) is 16.3. The number of anilines is 2. The van der Waals surface area contributed by atoms with Crippen molar-refractivity contribution in [2.45, 2.75) is 6.92 Å². The molecule has 6 heteroatoms. The van der Waals surface area contributed by atoms with Gasteiger partial charge in [0.1, 0.15) is 5.82 Å². The number of nitrogens with two attached hydrogens (primary N) is 2. The number of hydrogen-bond donors (Lipinski definition) is 2. The molecular weight excluding hydrogens is 348 g/mol. The van der Waals surface area contributed by atoms with E-state index < -0.39 is 0 Å². The van der Waals surface area contributed by atoms with Crippen molar-refractivity contribution in [1.82, 2.24) is 19.7 Å². The lowest BCUT2D eigenvalue weighted by Crippen LogP contribution is -2.01. The second-order valence-electron chi connectivity index (χ2n) is 6.78. The largest absolute Gasteiger partial charge is 0.383 e. The molecule has 3 heterocycles. The van der Waals surface area contributed by atoms with E-state index in [1.165, 1.54) is 0 Å². The molecule has 5 aromatic rings. The smallest absolute Gasteiger partial charge is 0.157 e. The maximum Gasteiger partial charge on any atom is 0.157 e. The number of pyridine rings is 2. The third-order valence-electron chi connectivity index (χ3n) is 5.01. The van der Waals surface area contributed by atoms with E-state index in [4.69, 9.17) is 11.5 Å². The number of aromatic nitrogens is 4. The zero-order valence-corrected chi connectivity index (χ0v) is 15.3. The van der Waals surface area contributed by atoms with E-state index in [2.05, 4.69) is 21.1 Å². The van der Waals surface area contributed by atoms with Gasteiger partial charge >= 0.3 is 0 Å². The highest BCUT2D eigenvalue weighted by Crippen LogP contribution is 2.36. The molecule has 0 unspecified atom stereocenters. The fourth-order valence-electron chi connectivity index (χ4n) is 3.63. The van der Waals surface area contributed by atoms with E-state index in [-0.39, 0.29) is 0 Å². The Labute approximate surface area is 161 Å². The third kappa shape index (κ3) is 2.39. The summed E-state index contributed by atoms with van der Waals surface area (Å²) < 4.78 is 1.86. The van der Waals surface area contributed by atoms with E-state index in [0.29, 0.717) is 17.0 Å². The van der Waals surface area contributed by atoms with E-state index >= 15 is 0 Å². The fourth-order valence-corrected chi connectivity index (χ4v) is 3.63. The molecule has 2 aromatic carbocycles. The van der Waals surface area contributed by atoms with Crippen LogP contribution in [-0.4, -0.2) is 19.7 Å². The summed E-state index contributed by atoms with van der Waals surface area (Å²) in [6.07, 6.45) is 3.57. The highest BCUT2D eigenvalue weighted by molar-refractivity contribution is 6.06. The Morgan fingerprint density at radius 2 is 1.75 bits per heavy atom. The van der Waals surface area contributed by atoms with Gasteiger partial charge < -0.3 is 11.5 Å². The van der Waals surface area contributed by atoms with Gasteiger partial charge in [0.05, 0.1) is 22.1 Å². The van der Waals surface area contributed by atoms with E-state index in [0.717, 1.165) is 38.8 Å². The molecule has 136 valence electrons. The van der Waals surface area contributed by atoms with Crippen LogP contribution in [0.25, 0.3) is 38.6 Å². The number of nitrogens with zero attached hydrogens (tertiary/aromatic N) is 4. The van der Waals surface area contributed by atoms with Crippen molar-refractivity contribution in [1.29, 1.82) is 0 Å². The minimum absolute atomic E-state index is 0.368. The normalized spacial score (nSPS) is 11.3.